The molecule has 100 valence electrons. The van der Waals surface area contributed by atoms with Crippen LogP contribution in [0.15, 0.2) is 35.2 Å². The lowest BCUT2D eigenvalue weighted by Crippen LogP contribution is -2.20. The van der Waals surface area contributed by atoms with Gasteiger partial charge in [0.1, 0.15) is 0 Å². The minimum Gasteiger partial charge on any atom is -0.377 e. The van der Waals surface area contributed by atoms with Crippen molar-refractivity contribution in [2.45, 2.75) is 31.3 Å². The number of sulfone groups is 1. The highest BCUT2D eigenvalue weighted by molar-refractivity contribution is 7.91. The second-order valence-electron chi connectivity index (χ2n) is 5.29. The molecule has 0 bridgehead atoms. The van der Waals surface area contributed by atoms with Crippen molar-refractivity contribution >= 4 is 9.84 Å². The van der Waals surface area contributed by atoms with Gasteiger partial charge < -0.3 is 4.74 Å². The van der Waals surface area contributed by atoms with Gasteiger partial charge in [-0.2, -0.15) is 0 Å². The molecule has 2 atom stereocenters. The monoisotopic (exact) mass is 268 g/mol. The van der Waals surface area contributed by atoms with Crippen LogP contribution in [0.3, 0.4) is 0 Å². The summed E-state index contributed by atoms with van der Waals surface area (Å²) in [6.45, 7) is 5.00. The average Bonchev–Trinajstić information content (AvgIpc) is 2.78. The second kappa shape index (κ2) is 5.41. The zero-order chi connectivity index (χ0) is 13.2. The number of ether oxygens (including phenoxy) is 1. The molecule has 1 aromatic carbocycles. The summed E-state index contributed by atoms with van der Waals surface area (Å²) < 4.78 is 30.0. The average molecular weight is 268 g/mol. The van der Waals surface area contributed by atoms with Gasteiger partial charge in [-0.15, -0.1) is 0 Å². The summed E-state index contributed by atoms with van der Waals surface area (Å²) in [6.07, 6.45) is 0.701. The van der Waals surface area contributed by atoms with Crippen LogP contribution >= 0.6 is 0 Å². The van der Waals surface area contributed by atoms with Gasteiger partial charge in [0, 0.05) is 0 Å². The minimum atomic E-state index is -3.22. The fourth-order valence-corrected chi connectivity index (χ4v) is 3.77. The van der Waals surface area contributed by atoms with Crippen LogP contribution in [0.5, 0.6) is 0 Å². The number of hydrogen-bond donors (Lipinski definition) is 0. The molecule has 1 aromatic rings. The van der Waals surface area contributed by atoms with Crippen molar-refractivity contribution in [3.63, 3.8) is 0 Å². The molecule has 18 heavy (non-hydrogen) atoms. The van der Waals surface area contributed by atoms with Gasteiger partial charge in [0.05, 0.1) is 23.4 Å². The summed E-state index contributed by atoms with van der Waals surface area (Å²) in [7, 11) is -3.22. The van der Waals surface area contributed by atoms with Crippen LogP contribution in [0.1, 0.15) is 20.3 Å². The first-order chi connectivity index (χ1) is 8.49. The van der Waals surface area contributed by atoms with Gasteiger partial charge in [0.25, 0.3) is 0 Å². The van der Waals surface area contributed by atoms with Crippen LogP contribution in [0.2, 0.25) is 0 Å². The first-order valence-electron chi connectivity index (χ1n) is 6.38. The van der Waals surface area contributed by atoms with Crippen LogP contribution in [-0.4, -0.2) is 26.9 Å². The fraction of sp³-hybridized carbons (Fsp3) is 0.571. The molecule has 3 nitrogen and oxygen atoms in total. The highest BCUT2D eigenvalue weighted by Crippen LogP contribution is 2.28. The van der Waals surface area contributed by atoms with Crippen LogP contribution < -0.4 is 0 Å². The number of hydrogen-bond acceptors (Lipinski definition) is 3. The predicted octanol–water partition coefficient (Wildman–Crippen LogP) is 2.52. The highest BCUT2D eigenvalue weighted by Gasteiger charge is 2.31. The highest BCUT2D eigenvalue weighted by atomic mass is 32.2. The molecule has 0 saturated carbocycles. The Bertz CT molecular complexity index is 479. The van der Waals surface area contributed by atoms with Crippen molar-refractivity contribution in [3.05, 3.63) is 30.3 Å². The van der Waals surface area contributed by atoms with Crippen molar-refractivity contribution in [2.75, 3.05) is 12.4 Å². The van der Waals surface area contributed by atoms with E-state index in [0.29, 0.717) is 23.3 Å². The molecule has 1 aliphatic heterocycles. The Labute approximate surface area is 109 Å². The Balaban J connectivity index is 2.03. The normalized spacial score (nSPS) is 24.6. The second-order valence-corrected chi connectivity index (χ2v) is 7.32. The van der Waals surface area contributed by atoms with Crippen molar-refractivity contribution in [3.8, 4) is 0 Å². The lowest BCUT2D eigenvalue weighted by Gasteiger charge is -2.12. The van der Waals surface area contributed by atoms with E-state index in [1.54, 1.807) is 24.3 Å². The van der Waals surface area contributed by atoms with E-state index in [1.807, 2.05) is 6.07 Å². The standard InChI is InChI=1S/C14H20O3S/c1-11(2)12-8-13(17-9-12)10-18(15,16)14-6-4-3-5-7-14/h3-7,11-13H,8-10H2,1-2H3/t12-,13+/m1/s1. The summed E-state index contributed by atoms with van der Waals surface area (Å²) >= 11 is 0. The Hall–Kier alpha value is -0.870. The molecule has 4 heteroatoms. The molecule has 0 amide bonds. The zero-order valence-corrected chi connectivity index (χ0v) is 11.7. The largest absolute Gasteiger partial charge is 0.377 e. The molecule has 1 saturated heterocycles. The molecule has 0 unspecified atom stereocenters. The lowest BCUT2D eigenvalue weighted by molar-refractivity contribution is 0.118. The lowest BCUT2D eigenvalue weighted by atomic mass is 9.94. The van der Waals surface area contributed by atoms with Crippen LogP contribution in [0.25, 0.3) is 0 Å². The summed E-state index contributed by atoms with van der Waals surface area (Å²) in [5.74, 6) is 1.13. The molecule has 0 aliphatic carbocycles. The van der Waals surface area contributed by atoms with Gasteiger partial charge in [0.15, 0.2) is 9.84 Å². The maximum absolute atomic E-state index is 12.2. The van der Waals surface area contributed by atoms with E-state index in [0.717, 1.165) is 6.42 Å². The molecule has 1 aliphatic rings. The summed E-state index contributed by atoms with van der Waals surface area (Å²) in [5.41, 5.74) is 0. The van der Waals surface area contributed by atoms with E-state index in [9.17, 15) is 8.42 Å². The van der Waals surface area contributed by atoms with E-state index in [2.05, 4.69) is 13.8 Å². The van der Waals surface area contributed by atoms with Crippen molar-refractivity contribution < 1.29 is 13.2 Å². The molecule has 2 rings (SSSR count). The predicted molar refractivity (Wildman–Crippen MR) is 71.2 cm³/mol. The summed E-state index contributed by atoms with van der Waals surface area (Å²) in [5, 5.41) is 0. The first kappa shape index (κ1) is 13.6. The smallest absolute Gasteiger partial charge is 0.180 e. The SMILES string of the molecule is CC(C)[C@H]1CO[C@H](CS(=O)(=O)c2ccccc2)C1. The maximum Gasteiger partial charge on any atom is 0.180 e. The fourth-order valence-electron chi connectivity index (χ4n) is 2.28. The quantitative estimate of drug-likeness (QED) is 0.842. The molecule has 0 N–H and O–H groups in total. The Kier molecular flexibility index (Phi) is 4.07. The Morgan fingerprint density at radius 2 is 1.94 bits per heavy atom. The third kappa shape index (κ3) is 3.12. The molecule has 1 heterocycles. The molecular weight excluding hydrogens is 248 g/mol. The van der Waals surface area contributed by atoms with E-state index in [1.165, 1.54) is 0 Å². The third-order valence-corrected chi connectivity index (χ3v) is 5.36. The van der Waals surface area contributed by atoms with Gasteiger partial charge in [-0.05, 0) is 30.4 Å². The molecule has 1 fully saturated rings. The first-order valence-corrected chi connectivity index (χ1v) is 8.03. The minimum absolute atomic E-state index is 0.0975. The van der Waals surface area contributed by atoms with Crippen LogP contribution in [-0.2, 0) is 14.6 Å². The molecular formula is C14H20O3S. The topological polar surface area (TPSA) is 43.4 Å². The zero-order valence-electron chi connectivity index (χ0n) is 10.9. The molecule has 0 spiro atoms. The van der Waals surface area contributed by atoms with Gasteiger partial charge in [0.2, 0.25) is 0 Å². The summed E-state index contributed by atoms with van der Waals surface area (Å²) in [4.78, 5) is 0.390. The number of benzene rings is 1. The van der Waals surface area contributed by atoms with Crippen molar-refractivity contribution in [1.82, 2.24) is 0 Å². The van der Waals surface area contributed by atoms with Crippen LogP contribution in [0.4, 0.5) is 0 Å². The van der Waals surface area contributed by atoms with Gasteiger partial charge in [-0.3, -0.25) is 0 Å². The van der Waals surface area contributed by atoms with Gasteiger partial charge >= 0.3 is 0 Å². The van der Waals surface area contributed by atoms with Gasteiger partial charge in [-0.25, -0.2) is 8.42 Å². The van der Waals surface area contributed by atoms with Gasteiger partial charge in [-0.1, -0.05) is 32.0 Å². The van der Waals surface area contributed by atoms with E-state index >= 15 is 0 Å². The number of rotatable bonds is 4. The molecule has 0 aromatic heterocycles. The van der Waals surface area contributed by atoms with E-state index in [4.69, 9.17) is 4.74 Å². The molecule has 0 radical (unpaired) electrons. The Morgan fingerprint density at radius 1 is 1.28 bits per heavy atom. The van der Waals surface area contributed by atoms with Crippen LogP contribution in [0, 0.1) is 11.8 Å². The summed E-state index contributed by atoms with van der Waals surface area (Å²) in [6, 6.07) is 8.60. The Morgan fingerprint density at radius 3 is 2.50 bits per heavy atom. The van der Waals surface area contributed by atoms with Crippen molar-refractivity contribution in [2.24, 2.45) is 11.8 Å². The van der Waals surface area contributed by atoms with E-state index in [-0.39, 0.29) is 11.9 Å². The third-order valence-electron chi connectivity index (χ3n) is 3.56. The maximum atomic E-state index is 12.2. The van der Waals surface area contributed by atoms with E-state index < -0.39 is 9.84 Å². The van der Waals surface area contributed by atoms with Crippen molar-refractivity contribution in [1.29, 1.82) is 0 Å².